The van der Waals surface area contributed by atoms with E-state index in [0.29, 0.717) is 32.9 Å². The molecule has 31 heavy (non-hydrogen) atoms. The minimum Gasteiger partial charge on any atom is -0.494 e. The number of fused-ring (bicyclic) bond motifs is 1. The summed E-state index contributed by atoms with van der Waals surface area (Å²) in [6.45, 7) is 0.244. The number of nitrogens with zero attached hydrogens (tertiary/aromatic N) is 1. The fraction of sp³-hybridized carbons (Fsp3) is 0.190. The predicted octanol–water partition coefficient (Wildman–Crippen LogP) is 3.95. The number of benzene rings is 2. The molecule has 0 spiro atoms. The van der Waals surface area contributed by atoms with Crippen LogP contribution in [-0.4, -0.2) is 27.5 Å². The molecule has 8 nitrogen and oxygen atoms in total. The Bertz CT molecular complexity index is 1210. The maximum Gasteiger partial charge on any atom is 0.319 e. The molecule has 1 aliphatic heterocycles. The summed E-state index contributed by atoms with van der Waals surface area (Å²) in [5.41, 5.74) is 1.31. The van der Waals surface area contributed by atoms with Gasteiger partial charge in [0.15, 0.2) is 5.88 Å². The zero-order chi connectivity index (χ0) is 22.1. The fourth-order valence-corrected chi connectivity index (χ4v) is 3.80. The van der Waals surface area contributed by atoms with E-state index in [4.69, 9.17) is 23.2 Å². The molecule has 160 valence electrons. The van der Waals surface area contributed by atoms with E-state index in [1.165, 1.54) is 4.57 Å². The summed E-state index contributed by atoms with van der Waals surface area (Å²) in [6.07, 6.45) is 2.21. The highest BCUT2D eigenvalue weighted by Crippen LogP contribution is 2.33. The van der Waals surface area contributed by atoms with E-state index in [9.17, 15) is 19.5 Å². The SMILES string of the molecule is O=C1CCC(n2cc3cc(CNC(=O)Nc4ccc(Cl)c(Cl)c4)ccc3c2O)C(=O)N1. The monoisotopic (exact) mass is 460 g/mol. The second-order valence-corrected chi connectivity index (χ2v) is 8.00. The number of aromatic hydroxyl groups is 1. The Kier molecular flexibility index (Phi) is 5.75. The third kappa shape index (κ3) is 4.45. The molecule has 4 N–H and O–H groups in total. The third-order valence-corrected chi connectivity index (χ3v) is 5.80. The molecule has 0 bridgehead atoms. The van der Waals surface area contributed by atoms with Crippen molar-refractivity contribution < 1.29 is 19.5 Å². The fourth-order valence-electron chi connectivity index (χ4n) is 3.50. The lowest BCUT2D eigenvalue weighted by Gasteiger charge is -2.22. The van der Waals surface area contributed by atoms with Gasteiger partial charge in [-0.3, -0.25) is 14.9 Å². The van der Waals surface area contributed by atoms with E-state index in [-0.39, 0.29) is 24.8 Å². The molecule has 1 fully saturated rings. The van der Waals surface area contributed by atoms with Crippen LogP contribution in [0.15, 0.2) is 42.6 Å². The van der Waals surface area contributed by atoms with Crippen molar-refractivity contribution in [1.29, 1.82) is 0 Å². The van der Waals surface area contributed by atoms with Gasteiger partial charge in [-0.25, -0.2) is 4.79 Å². The minimum atomic E-state index is -0.649. The summed E-state index contributed by atoms with van der Waals surface area (Å²) in [7, 11) is 0. The van der Waals surface area contributed by atoms with Crippen LogP contribution in [0.4, 0.5) is 10.5 Å². The van der Waals surface area contributed by atoms with Crippen LogP contribution in [0.5, 0.6) is 5.88 Å². The van der Waals surface area contributed by atoms with Crippen molar-refractivity contribution in [3.63, 3.8) is 0 Å². The lowest BCUT2D eigenvalue weighted by molar-refractivity contribution is -0.135. The van der Waals surface area contributed by atoms with Crippen molar-refractivity contribution >= 4 is 57.5 Å². The van der Waals surface area contributed by atoms with Crippen molar-refractivity contribution in [2.24, 2.45) is 0 Å². The molecule has 3 aromatic rings. The number of aromatic nitrogens is 1. The number of hydrogen-bond donors (Lipinski definition) is 4. The Hall–Kier alpha value is -3.23. The second-order valence-electron chi connectivity index (χ2n) is 7.19. The van der Waals surface area contributed by atoms with Crippen molar-refractivity contribution in [2.45, 2.75) is 25.4 Å². The average Bonchev–Trinajstić information content (AvgIpc) is 3.05. The van der Waals surface area contributed by atoms with Gasteiger partial charge in [0, 0.05) is 35.6 Å². The van der Waals surface area contributed by atoms with E-state index >= 15 is 0 Å². The molecule has 2 aromatic carbocycles. The average molecular weight is 461 g/mol. The van der Waals surface area contributed by atoms with Gasteiger partial charge in [-0.1, -0.05) is 29.3 Å². The van der Waals surface area contributed by atoms with Gasteiger partial charge in [-0.2, -0.15) is 0 Å². The van der Waals surface area contributed by atoms with Crippen molar-refractivity contribution in [2.75, 3.05) is 5.32 Å². The van der Waals surface area contributed by atoms with E-state index in [2.05, 4.69) is 16.0 Å². The number of carbonyl (C=O) groups is 3. The molecule has 4 amide bonds. The van der Waals surface area contributed by atoms with Crippen LogP contribution in [0.1, 0.15) is 24.4 Å². The highest BCUT2D eigenvalue weighted by molar-refractivity contribution is 6.42. The molecule has 1 unspecified atom stereocenters. The summed E-state index contributed by atoms with van der Waals surface area (Å²) in [5, 5.41) is 20.3. The molecule has 0 saturated carbocycles. The van der Waals surface area contributed by atoms with Gasteiger partial charge in [0.05, 0.1) is 10.0 Å². The van der Waals surface area contributed by atoms with Crippen LogP contribution >= 0.6 is 23.2 Å². The van der Waals surface area contributed by atoms with Gasteiger partial charge in [0.2, 0.25) is 11.8 Å². The van der Waals surface area contributed by atoms with Gasteiger partial charge in [0.1, 0.15) is 6.04 Å². The van der Waals surface area contributed by atoms with E-state index in [1.54, 1.807) is 36.5 Å². The maximum atomic E-state index is 12.2. The van der Waals surface area contributed by atoms with Crippen LogP contribution in [-0.2, 0) is 16.1 Å². The van der Waals surface area contributed by atoms with Crippen molar-refractivity contribution in [3.8, 4) is 5.88 Å². The number of imide groups is 1. The normalized spacial score (nSPS) is 16.3. The number of piperidine rings is 1. The number of halogens is 2. The van der Waals surface area contributed by atoms with Crippen molar-refractivity contribution in [3.05, 3.63) is 58.2 Å². The molecular formula is C21H18Cl2N4O4. The van der Waals surface area contributed by atoms with Gasteiger partial charge in [-0.15, -0.1) is 0 Å². The Labute approximate surface area is 187 Å². The first-order valence-corrected chi connectivity index (χ1v) is 10.2. The van der Waals surface area contributed by atoms with Crippen LogP contribution in [0, 0.1) is 0 Å². The van der Waals surface area contributed by atoms with Crippen LogP contribution < -0.4 is 16.0 Å². The highest BCUT2D eigenvalue weighted by atomic mass is 35.5. The summed E-state index contributed by atoms with van der Waals surface area (Å²) in [5.74, 6) is -0.793. The predicted molar refractivity (Wildman–Crippen MR) is 117 cm³/mol. The summed E-state index contributed by atoms with van der Waals surface area (Å²) in [6, 6.07) is 9.03. The van der Waals surface area contributed by atoms with Crippen molar-refractivity contribution in [1.82, 2.24) is 15.2 Å². The minimum absolute atomic E-state index is 0.0404. The standard InChI is InChI=1S/C21H18Cl2N4O4/c22-15-4-2-13(8-16(15)23)25-21(31)24-9-11-1-3-14-12(7-11)10-27(20(14)30)17-5-6-18(28)26-19(17)29/h1-4,7-8,10,17,30H,5-6,9H2,(H2,24,25,31)(H,26,28,29). The Morgan fingerprint density at radius 3 is 2.71 bits per heavy atom. The lowest BCUT2D eigenvalue weighted by atomic mass is 10.1. The first-order valence-electron chi connectivity index (χ1n) is 9.48. The summed E-state index contributed by atoms with van der Waals surface area (Å²) >= 11 is 11.8. The van der Waals surface area contributed by atoms with Crippen LogP contribution in [0.3, 0.4) is 0 Å². The maximum absolute atomic E-state index is 12.2. The Morgan fingerprint density at radius 2 is 1.97 bits per heavy atom. The molecule has 0 aliphatic carbocycles. The summed E-state index contributed by atoms with van der Waals surface area (Å²) in [4.78, 5) is 35.7. The first kappa shape index (κ1) is 21.0. The number of nitrogens with one attached hydrogen (secondary N) is 3. The number of anilines is 1. The van der Waals surface area contributed by atoms with E-state index < -0.39 is 18.0 Å². The molecule has 1 saturated heterocycles. The van der Waals surface area contributed by atoms with E-state index in [1.807, 2.05) is 6.07 Å². The van der Waals surface area contributed by atoms with Crippen LogP contribution in [0.25, 0.3) is 10.8 Å². The molecule has 1 aromatic heterocycles. The topological polar surface area (TPSA) is 112 Å². The van der Waals surface area contributed by atoms with E-state index in [0.717, 1.165) is 5.56 Å². The first-order chi connectivity index (χ1) is 14.8. The molecule has 10 heteroatoms. The molecule has 4 rings (SSSR count). The largest absolute Gasteiger partial charge is 0.494 e. The zero-order valence-corrected chi connectivity index (χ0v) is 17.6. The molecular weight excluding hydrogens is 443 g/mol. The smallest absolute Gasteiger partial charge is 0.319 e. The van der Waals surface area contributed by atoms with Crippen LogP contribution in [0.2, 0.25) is 10.0 Å². The number of rotatable bonds is 4. The number of urea groups is 1. The second kappa shape index (κ2) is 8.49. The van der Waals surface area contributed by atoms with Gasteiger partial charge >= 0.3 is 6.03 Å². The third-order valence-electron chi connectivity index (χ3n) is 5.06. The quantitative estimate of drug-likeness (QED) is 0.441. The molecule has 1 atom stereocenters. The van der Waals surface area contributed by atoms with Gasteiger partial charge in [-0.05, 0) is 42.3 Å². The van der Waals surface area contributed by atoms with Gasteiger partial charge < -0.3 is 20.3 Å². The Balaban J connectivity index is 1.45. The number of carbonyl (C=O) groups excluding carboxylic acids is 3. The summed E-state index contributed by atoms with van der Waals surface area (Å²) < 4.78 is 1.47. The molecule has 0 radical (unpaired) electrons. The Morgan fingerprint density at radius 1 is 1.16 bits per heavy atom. The number of hydrogen-bond acceptors (Lipinski definition) is 4. The number of amides is 4. The molecule has 1 aliphatic rings. The lowest BCUT2D eigenvalue weighted by Crippen LogP contribution is -2.41. The van der Waals surface area contributed by atoms with Gasteiger partial charge in [0.25, 0.3) is 0 Å². The highest BCUT2D eigenvalue weighted by Gasteiger charge is 2.30. The zero-order valence-electron chi connectivity index (χ0n) is 16.1. The molecule has 2 heterocycles.